The minimum Gasteiger partial charge on any atom is -0.484 e. The Labute approximate surface area is 152 Å². The molecule has 1 amide bonds. The van der Waals surface area contributed by atoms with E-state index in [9.17, 15) is 9.18 Å². The van der Waals surface area contributed by atoms with Crippen LogP contribution in [0, 0.1) is 5.82 Å². The van der Waals surface area contributed by atoms with Crippen LogP contribution in [0.3, 0.4) is 0 Å². The molecule has 0 aromatic heterocycles. The van der Waals surface area contributed by atoms with Crippen molar-refractivity contribution in [1.82, 2.24) is 4.90 Å². The second kappa shape index (κ2) is 7.16. The molecule has 0 aliphatic heterocycles. The molecule has 0 heterocycles. The van der Waals surface area contributed by atoms with Crippen LogP contribution in [0.2, 0.25) is 0 Å². The Morgan fingerprint density at radius 2 is 1.73 bits per heavy atom. The number of nitrogens with zero attached hydrogens (tertiary/aromatic N) is 1. The molecule has 0 bridgehead atoms. The van der Waals surface area contributed by atoms with Crippen LogP contribution < -0.4 is 4.74 Å². The van der Waals surface area contributed by atoms with E-state index in [1.165, 1.54) is 12.1 Å². The molecule has 1 aliphatic carbocycles. The summed E-state index contributed by atoms with van der Waals surface area (Å²) in [5, 5.41) is 2.23. The molecule has 26 heavy (non-hydrogen) atoms. The number of amides is 1. The molecule has 3 nitrogen and oxygen atoms in total. The summed E-state index contributed by atoms with van der Waals surface area (Å²) in [4.78, 5) is 14.5. The van der Waals surface area contributed by atoms with Gasteiger partial charge in [0.05, 0.1) is 0 Å². The molecule has 132 valence electrons. The zero-order chi connectivity index (χ0) is 17.9. The molecule has 0 radical (unpaired) electrons. The predicted octanol–water partition coefficient (Wildman–Crippen LogP) is 4.55. The number of carbonyl (C=O) groups excluding carboxylic acids is 1. The van der Waals surface area contributed by atoms with Crippen molar-refractivity contribution in [3.63, 3.8) is 0 Å². The van der Waals surface area contributed by atoms with E-state index in [4.69, 9.17) is 4.74 Å². The van der Waals surface area contributed by atoms with Crippen LogP contribution in [0.5, 0.6) is 5.75 Å². The van der Waals surface area contributed by atoms with Gasteiger partial charge in [-0.3, -0.25) is 4.79 Å². The van der Waals surface area contributed by atoms with E-state index in [1.807, 2.05) is 47.4 Å². The molecule has 4 rings (SSSR count). The smallest absolute Gasteiger partial charge is 0.261 e. The second-order valence-corrected chi connectivity index (χ2v) is 6.68. The van der Waals surface area contributed by atoms with Crippen molar-refractivity contribution in [1.29, 1.82) is 0 Å². The van der Waals surface area contributed by atoms with Crippen molar-refractivity contribution in [2.45, 2.75) is 25.4 Å². The van der Waals surface area contributed by atoms with Crippen molar-refractivity contribution in [3.05, 3.63) is 78.1 Å². The number of hydrogen-bond acceptors (Lipinski definition) is 2. The van der Waals surface area contributed by atoms with Crippen LogP contribution in [-0.2, 0) is 11.3 Å². The lowest BCUT2D eigenvalue weighted by atomic mass is 10.1. The largest absolute Gasteiger partial charge is 0.484 e. The van der Waals surface area contributed by atoms with Crippen LogP contribution in [-0.4, -0.2) is 23.5 Å². The number of halogens is 1. The first-order valence-electron chi connectivity index (χ1n) is 8.84. The third-order valence-corrected chi connectivity index (χ3v) is 4.66. The number of carbonyl (C=O) groups is 1. The van der Waals surface area contributed by atoms with E-state index in [0.717, 1.165) is 29.2 Å². The van der Waals surface area contributed by atoms with Crippen LogP contribution in [0.1, 0.15) is 18.4 Å². The van der Waals surface area contributed by atoms with Crippen molar-refractivity contribution < 1.29 is 13.9 Å². The fraction of sp³-hybridized carbons (Fsp3) is 0.227. The summed E-state index contributed by atoms with van der Waals surface area (Å²) in [5.41, 5.74) is 0.928. The monoisotopic (exact) mass is 349 g/mol. The zero-order valence-electron chi connectivity index (χ0n) is 14.4. The van der Waals surface area contributed by atoms with Crippen LogP contribution in [0.15, 0.2) is 66.7 Å². The number of hydrogen-bond donors (Lipinski definition) is 0. The highest BCUT2D eigenvalue weighted by molar-refractivity contribution is 5.84. The summed E-state index contributed by atoms with van der Waals surface area (Å²) < 4.78 is 18.8. The van der Waals surface area contributed by atoms with E-state index < -0.39 is 0 Å². The third-order valence-electron chi connectivity index (χ3n) is 4.66. The first kappa shape index (κ1) is 16.6. The average Bonchev–Trinajstić information content (AvgIpc) is 3.50. The lowest BCUT2D eigenvalue weighted by molar-refractivity contribution is -0.134. The van der Waals surface area contributed by atoms with Gasteiger partial charge in [-0.25, -0.2) is 4.39 Å². The maximum absolute atomic E-state index is 13.1. The summed E-state index contributed by atoms with van der Waals surface area (Å²) in [6.45, 7) is 0.501. The molecule has 3 aromatic rings. The van der Waals surface area contributed by atoms with Crippen molar-refractivity contribution in [2.75, 3.05) is 6.61 Å². The molecular formula is C22H20FNO2. The Hall–Kier alpha value is -2.88. The van der Waals surface area contributed by atoms with E-state index in [0.29, 0.717) is 12.3 Å². The van der Waals surface area contributed by atoms with Crippen molar-refractivity contribution in [2.24, 2.45) is 0 Å². The molecule has 0 spiro atoms. The SMILES string of the molecule is O=C(COc1ccc2ccccc2c1)N(Cc1ccc(F)cc1)C1CC1. The average molecular weight is 349 g/mol. The van der Waals surface area contributed by atoms with Crippen LogP contribution >= 0.6 is 0 Å². The maximum atomic E-state index is 13.1. The first-order chi connectivity index (χ1) is 12.7. The Morgan fingerprint density at radius 3 is 2.46 bits per heavy atom. The molecule has 3 aromatic carbocycles. The van der Waals surface area contributed by atoms with E-state index >= 15 is 0 Å². The summed E-state index contributed by atoms with van der Waals surface area (Å²) in [5.74, 6) is 0.386. The Bertz CT molecular complexity index is 919. The minimum atomic E-state index is -0.266. The maximum Gasteiger partial charge on any atom is 0.261 e. The Morgan fingerprint density at radius 1 is 1.00 bits per heavy atom. The molecule has 1 aliphatic rings. The van der Waals surface area contributed by atoms with Gasteiger partial charge in [0.2, 0.25) is 0 Å². The number of rotatable bonds is 6. The van der Waals surface area contributed by atoms with Gasteiger partial charge < -0.3 is 9.64 Å². The van der Waals surface area contributed by atoms with Gasteiger partial charge in [-0.05, 0) is 53.4 Å². The lowest BCUT2D eigenvalue weighted by Gasteiger charge is -2.22. The number of benzene rings is 3. The van der Waals surface area contributed by atoms with Gasteiger partial charge in [-0.15, -0.1) is 0 Å². The van der Waals surface area contributed by atoms with E-state index in [-0.39, 0.29) is 24.4 Å². The topological polar surface area (TPSA) is 29.5 Å². The zero-order valence-corrected chi connectivity index (χ0v) is 14.4. The molecule has 4 heteroatoms. The quantitative estimate of drug-likeness (QED) is 0.653. The van der Waals surface area contributed by atoms with Gasteiger partial charge in [0.15, 0.2) is 6.61 Å². The van der Waals surface area contributed by atoms with Gasteiger partial charge in [-0.2, -0.15) is 0 Å². The van der Waals surface area contributed by atoms with Crippen LogP contribution in [0.4, 0.5) is 4.39 Å². The normalized spacial score (nSPS) is 13.6. The minimum absolute atomic E-state index is 0.00996. The lowest BCUT2D eigenvalue weighted by Crippen LogP contribution is -2.36. The Kier molecular flexibility index (Phi) is 4.57. The molecule has 1 saturated carbocycles. The summed E-state index contributed by atoms with van der Waals surface area (Å²) in [6, 6.07) is 20.4. The molecule has 0 unspecified atom stereocenters. The summed E-state index contributed by atoms with van der Waals surface area (Å²) >= 11 is 0. The molecule has 0 N–H and O–H groups in total. The van der Waals surface area contributed by atoms with Gasteiger partial charge in [0, 0.05) is 12.6 Å². The molecule has 0 atom stereocenters. The van der Waals surface area contributed by atoms with Gasteiger partial charge in [0.25, 0.3) is 5.91 Å². The van der Waals surface area contributed by atoms with Crippen LogP contribution in [0.25, 0.3) is 10.8 Å². The third kappa shape index (κ3) is 3.85. The highest BCUT2D eigenvalue weighted by Crippen LogP contribution is 2.29. The molecular weight excluding hydrogens is 329 g/mol. The predicted molar refractivity (Wildman–Crippen MR) is 99.4 cm³/mol. The fourth-order valence-corrected chi connectivity index (χ4v) is 3.08. The van der Waals surface area contributed by atoms with Gasteiger partial charge in [0.1, 0.15) is 11.6 Å². The van der Waals surface area contributed by atoms with E-state index in [2.05, 4.69) is 0 Å². The second-order valence-electron chi connectivity index (χ2n) is 6.68. The Balaban J connectivity index is 1.42. The van der Waals surface area contributed by atoms with E-state index in [1.54, 1.807) is 12.1 Å². The molecule has 0 saturated heterocycles. The summed E-state index contributed by atoms with van der Waals surface area (Å²) in [7, 11) is 0. The first-order valence-corrected chi connectivity index (χ1v) is 8.84. The molecule has 1 fully saturated rings. The number of ether oxygens (including phenoxy) is 1. The van der Waals surface area contributed by atoms with Gasteiger partial charge in [-0.1, -0.05) is 42.5 Å². The fourth-order valence-electron chi connectivity index (χ4n) is 3.08. The van der Waals surface area contributed by atoms with Crippen molar-refractivity contribution >= 4 is 16.7 Å². The highest BCUT2D eigenvalue weighted by Gasteiger charge is 2.32. The van der Waals surface area contributed by atoms with Gasteiger partial charge >= 0.3 is 0 Å². The summed E-state index contributed by atoms with van der Waals surface area (Å²) in [6.07, 6.45) is 2.03. The number of fused-ring (bicyclic) bond motifs is 1. The van der Waals surface area contributed by atoms with Crippen molar-refractivity contribution in [3.8, 4) is 5.75 Å². The standard InChI is InChI=1S/C22H20FNO2/c23-19-8-5-16(6-9-19)14-24(20-10-11-20)22(25)15-26-21-12-7-17-3-1-2-4-18(17)13-21/h1-9,12-13,20H,10-11,14-15H2. The highest BCUT2D eigenvalue weighted by atomic mass is 19.1.